The van der Waals surface area contributed by atoms with Crippen molar-refractivity contribution in [1.82, 2.24) is 4.90 Å². The first-order valence-corrected chi connectivity index (χ1v) is 10.3. The van der Waals surface area contributed by atoms with Crippen molar-refractivity contribution in [3.05, 3.63) is 29.8 Å². The molecule has 9 heteroatoms. The molecule has 0 spiro atoms. The normalized spacial score (nSPS) is 16.5. The summed E-state index contributed by atoms with van der Waals surface area (Å²) < 4.78 is 68.2. The molecule has 152 valence electrons. The van der Waals surface area contributed by atoms with Crippen LogP contribution in [0.1, 0.15) is 32.3 Å². The van der Waals surface area contributed by atoms with Crippen LogP contribution in [0.4, 0.5) is 13.2 Å². The van der Waals surface area contributed by atoms with Crippen LogP contribution in [-0.2, 0) is 25.8 Å². The Morgan fingerprint density at radius 3 is 2.22 bits per heavy atom. The van der Waals surface area contributed by atoms with Crippen LogP contribution in [0.15, 0.2) is 29.2 Å². The van der Waals surface area contributed by atoms with Crippen molar-refractivity contribution in [3.63, 3.8) is 0 Å². The molecule has 1 amide bonds. The molecule has 1 fully saturated rings. The van der Waals surface area contributed by atoms with Gasteiger partial charge in [0.2, 0.25) is 5.91 Å². The van der Waals surface area contributed by atoms with Crippen LogP contribution in [-0.4, -0.2) is 56.5 Å². The molecule has 0 N–H and O–H groups in total. The molecule has 1 heterocycles. The smallest absolute Gasteiger partial charge is 0.381 e. The van der Waals surface area contributed by atoms with Crippen LogP contribution in [0, 0.1) is 0 Å². The van der Waals surface area contributed by atoms with Crippen molar-refractivity contribution in [2.45, 2.75) is 55.5 Å². The van der Waals surface area contributed by atoms with Gasteiger partial charge in [0.15, 0.2) is 9.84 Å². The Morgan fingerprint density at radius 2 is 1.74 bits per heavy atom. The lowest BCUT2D eigenvalue weighted by Gasteiger charge is -2.35. The number of alkyl halides is 3. The van der Waals surface area contributed by atoms with Crippen molar-refractivity contribution < 1.29 is 31.1 Å². The van der Waals surface area contributed by atoms with E-state index in [0.29, 0.717) is 31.6 Å². The Morgan fingerprint density at radius 1 is 1.19 bits per heavy atom. The van der Waals surface area contributed by atoms with E-state index >= 15 is 0 Å². The second kappa shape index (κ2) is 8.60. The van der Waals surface area contributed by atoms with Crippen molar-refractivity contribution in [3.8, 4) is 0 Å². The predicted octanol–water partition coefficient (Wildman–Crippen LogP) is 2.98. The third-order valence-corrected chi connectivity index (χ3v) is 6.70. The highest BCUT2D eigenvalue weighted by molar-refractivity contribution is 7.92. The maximum Gasteiger partial charge on any atom is 0.406 e. The Balaban J connectivity index is 2.14. The van der Waals surface area contributed by atoms with Crippen LogP contribution in [0.3, 0.4) is 0 Å². The van der Waals surface area contributed by atoms with Gasteiger partial charge in [-0.25, -0.2) is 8.42 Å². The number of hydrogen-bond acceptors (Lipinski definition) is 4. The number of amides is 1. The van der Waals surface area contributed by atoms with E-state index in [4.69, 9.17) is 4.74 Å². The quantitative estimate of drug-likeness (QED) is 0.727. The summed E-state index contributed by atoms with van der Waals surface area (Å²) in [6.45, 7) is 2.49. The second-order valence-corrected chi connectivity index (χ2v) is 9.40. The molecule has 27 heavy (non-hydrogen) atoms. The first-order valence-electron chi connectivity index (χ1n) is 8.77. The number of carbonyl (C=O) groups excluding carboxylic acids is 1. The van der Waals surface area contributed by atoms with Crippen molar-refractivity contribution in [2.75, 3.05) is 19.8 Å². The van der Waals surface area contributed by atoms with Crippen molar-refractivity contribution in [1.29, 1.82) is 0 Å². The summed E-state index contributed by atoms with van der Waals surface area (Å²) in [5, 5.41) is -0.583. The van der Waals surface area contributed by atoms with Gasteiger partial charge in [0.1, 0.15) is 6.54 Å². The van der Waals surface area contributed by atoms with Gasteiger partial charge in [-0.05, 0) is 44.4 Å². The molecule has 0 saturated carbocycles. The van der Waals surface area contributed by atoms with E-state index in [1.807, 2.05) is 0 Å². The maximum absolute atomic E-state index is 12.9. The van der Waals surface area contributed by atoms with Gasteiger partial charge in [0.05, 0.1) is 16.6 Å². The van der Waals surface area contributed by atoms with Gasteiger partial charge in [-0.1, -0.05) is 12.1 Å². The maximum atomic E-state index is 12.9. The molecule has 0 unspecified atom stereocenters. The monoisotopic (exact) mass is 407 g/mol. The Labute approximate surface area is 157 Å². The zero-order valence-corrected chi connectivity index (χ0v) is 16.1. The molecule has 1 aromatic rings. The molecule has 1 aliphatic rings. The van der Waals surface area contributed by atoms with E-state index < -0.39 is 39.8 Å². The van der Waals surface area contributed by atoms with Gasteiger partial charge in [0.25, 0.3) is 0 Å². The Bertz CT molecular complexity index is 739. The van der Waals surface area contributed by atoms with E-state index in [9.17, 15) is 26.4 Å². The molecule has 5 nitrogen and oxygen atoms in total. The highest BCUT2D eigenvalue weighted by atomic mass is 32.2. The number of benzene rings is 1. The summed E-state index contributed by atoms with van der Waals surface area (Å²) in [6.07, 6.45) is -3.96. The molecule has 1 aliphatic heterocycles. The van der Waals surface area contributed by atoms with E-state index in [-0.39, 0.29) is 11.3 Å². The number of carbonyl (C=O) groups is 1. The molecule has 0 bridgehead atoms. The summed E-state index contributed by atoms with van der Waals surface area (Å²) in [5.41, 5.74) is 0.474. The third-order valence-electron chi connectivity index (χ3n) is 4.53. The fraction of sp³-hybridized carbons (Fsp3) is 0.611. The number of nitrogens with zero attached hydrogens (tertiary/aromatic N) is 1. The first kappa shape index (κ1) is 21.7. The molecule has 1 saturated heterocycles. The highest BCUT2D eigenvalue weighted by Crippen LogP contribution is 2.24. The van der Waals surface area contributed by atoms with E-state index in [2.05, 4.69) is 0 Å². The number of halogens is 3. The summed E-state index contributed by atoms with van der Waals surface area (Å²) in [5.74, 6) is -0.626. The summed E-state index contributed by atoms with van der Waals surface area (Å²) >= 11 is 0. The number of ether oxygens (including phenoxy) is 1. The average Bonchev–Trinajstić information content (AvgIpc) is 2.60. The van der Waals surface area contributed by atoms with Gasteiger partial charge in [-0.3, -0.25) is 4.79 Å². The van der Waals surface area contributed by atoms with Gasteiger partial charge >= 0.3 is 6.18 Å². The van der Waals surface area contributed by atoms with Crippen molar-refractivity contribution >= 4 is 15.7 Å². The predicted molar refractivity (Wildman–Crippen MR) is 94.1 cm³/mol. The van der Waals surface area contributed by atoms with Crippen LogP contribution in [0.2, 0.25) is 0 Å². The molecule has 0 radical (unpaired) electrons. The largest absolute Gasteiger partial charge is 0.406 e. The van der Waals surface area contributed by atoms with E-state index in [1.165, 1.54) is 24.3 Å². The number of sulfone groups is 1. The summed E-state index contributed by atoms with van der Waals surface area (Å²) in [4.78, 5) is 13.6. The molecule has 0 aliphatic carbocycles. The Kier molecular flexibility index (Phi) is 6.91. The second-order valence-electron chi connectivity index (χ2n) is 6.89. The minimum Gasteiger partial charge on any atom is -0.381 e. The standard InChI is InChI=1S/C18H24F3NO4S/c1-13(2)27(24,25)16-5-3-14(4-6-16)11-17(23)22(12-18(19,20)21)15-7-9-26-10-8-15/h3-6,13,15H,7-12H2,1-2H3. The molecule has 1 aromatic carbocycles. The fourth-order valence-electron chi connectivity index (χ4n) is 2.96. The van der Waals surface area contributed by atoms with Gasteiger partial charge in [-0.2, -0.15) is 13.2 Å². The molecule has 0 aromatic heterocycles. The molecular weight excluding hydrogens is 383 g/mol. The fourth-order valence-corrected chi connectivity index (χ4v) is 4.02. The number of hydrogen-bond donors (Lipinski definition) is 0. The highest BCUT2D eigenvalue weighted by Gasteiger charge is 2.37. The minimum atomic E-state index is -4.48. The number of rotatable bonds is 6. The van der Waals surface area contributed by atoms with Gasteiger partial charge < -0.3 is 9.64 Å². The van der Waals surface area contributed by atoms with Crippen molar-refractivity contribution in [2.24, 2.45) is 0 Å². The van der Waals surface area contributed by atoms with Crippen LogP contribution < -0.4 is 0 Å². The zero-order chi connectivity index (χ0) is 20.2. The first-order chi connectivity index (χ1) is 12.5. The van der Waals surface area contributed by atoms with E-state index in [0.717, 1.165) is 4.90 Å². The van der Waals surface area contributed by atoms with Crippen LogP contribution >= 0.6 is 0 Å². The van der Waals surface area contributed by atoms with Crippen LogP contribution in [0.25, 0.3) is 0 Å². The summed E-state index contributed by atoms with van der Waals surface area (Å²) in [6, 6.07) is 5.22. The topological polar surface area (TPSA) is 63.7 Å². The lowest BCUT2D eigenvalue weighted by Crippen LogP contribution is -2.48. The lowest BCUT2D eigenvalue weighted by atomic mass is 10.0. The lowest BCUT2D eigenvalue weighted by molar-refractivity contribution is -0.168. The zero-order valence-electron chi connectivity index (χ0n) is 15.3. The van der Waals surface area contributed by atoms with Crippen LogP contribution in [0.5, 0.6) is 0 Å². The van der Waals surface area contributed by atoms with E-state index in [1.54, 1.807) is 13.8 Å². The molecular formula is C18H24F3NO4S. The Hall–Kier alpha value is -1.61. The van der Waals surface area contributed by atoms with Gasteiger partial charge in [-0.15, -0.1) is 0 Å². The summed E-state index contributed by atoms with van der Waals surface area (Å²) in [7, 11) is -3.44. The van der Waals surface area contributed by atoms with Gasteiger partial charge in [0, 0.05) is 19.3 Å². The molecule has 2 rings (SSSR count). The molecule has 0 atom stereocenters. The SMILES string of the molecule is CC(C)S(=O)(=O)c1ccc(CC(=O)N(CC(F)(F)F)C2CCOCC2)cc1. The minimum absolute atomic E-state index is 0.130. The average molecular weight is 407 g/mol. The third kappa shape index (κ3) is 5.93.